The van der Waals surface area contributed by atoms with Crippen LogP contribution in [0.2, 0.25) is 0 Å². The van der Waals surface area contributed by atoms with Crippen LogP contribution in [0.1, 0.15) is 15.9 Å². The third-order valence-electron chi connectivity index (χ3n) is 3.61. The number of carbonyl (C=O) groups excluding carboxylic acids is 1. The average Bonchev–Trinajstić information content (AvgIpc) is 2.59. The van der Waals surface area contributed by atoms with Crippen molar-refractivity contribution in [2.75, 3.05) is 5.32 Å². The highest BCUT2D eigenvalue weighted by atomic mass is 19.4. The van der Waals surface area contributed by atoms with E-state index in [-0.39, 0.29) is 26.9 Å². The summed E-state index contributed by atoms with van der Waals surface area (Å²) in [6, 6.07) is 7.57. The summed E-state index contributed by atoms with van der Waals surface area (Å²) in [5, 5.41) is 11.7. The van der Waals surface area contributed by atoms with E-state index in [1.54, 1.807) is 0 Å². The molecule has 3 N–H and O–H groups in total. The van der Waals surface area contributed by atoms with Crippen LogP contribution >= 0.6 is 0 Å². The molecule has 0 aliphatic heterocycles. The summed E-state index contributed by atoms with van der Waals surface area (Å²) < 4.78 is 37.5. The summed E-state index contributed by atoms with van der Waals surface area (Å²) in [7, 11) is 0. The van der Waals surface area contributed by atoms with E-state index in [9.17, 15) is 32.8 Å². The predicted octanol–water partition coefficient (Wildman–Crippen LogP) is 2.20. The molecule has 1 heterocycles. The Labute approximate surface area is 142 Å². The van der Waals surface area contributed by atoms with Crippen molar-refractivity contribution < 1.29 is 23.2 Å². The quantitative estimate of drug-likeness (QED) is 0.606. The van der Waals surface area contributed by atoms with E-state index in [2.05, 4.69) is 10.3 Å². The molecule has 0 spiro atoms. The molecule has 3 rings (SSSR count). The minimum absolute atomic E-state index is 0.00244. The van der Waals surface area contributed by atoms with Gasteiger partial charge in [0.05, 0.1) is 16.5 Å². The van der Waals surface area contributed by atoms with Gasteiger partial charge in [0.2, 0.25) is 0 Å². The van der Waals surface area contributed by atoms with Crippen LogP contribution < -0.4 is 16.6 Å². The van der Waals surface area contributed by atoms with Crippen molar-refractivity contribution in [1.29, 1.82) is 0 Å². The maximum absolute atomic E-state index is 12.5. The number of aromatic nitrogens is 2. The number of H-pyrrole nitrogens is 1. The lowest BCUT2D eigenvalue weighted by molar-refractivity contribution is -0.137. The molecule has 0 radical (unpaired) electrons. The van der Waals surface area contributed by atoms with Crippen LogP contribution in [0.15, 0.2) is 52.1 Å². The number of carbonyl (C=O) groups is 1. The third kappa shape index (κ3) is 3.16. The van der Waals surface area contributed by atoms with Gasteiger partial charge in [-0.3, -0.25) is 9.59 Å². The maximum Gasteiger partial charge on any atom is 0.416 e. The molecule has 0 aliphatic carbocycles. The van der Waals surface area contributed by atoms with E-state index in [4.69, 9.17) is 0 Å². The van der Waals surface area contributed by atoms with Crippen molar-refractivity contribution in [3.63, 3.8) is 0 Å². The minimum atomic E-state index is -4.50. The van der Waals surface area contributed by atoms with Crippen molar-refractivity contribution >= 4 is 22.5 Å². The fourth-order valence-electron chi connectivity index (χ4n) is 2.30. The Morgan fingerprint density at radius 2 is 1.73 bits per heavy atom. The molecule has 0 atom stereocenters. The van der Waals surface area contributed by atoms with E-state index < -0.39 is 28.9 Å². The predicted molar refractivity (Wildman–Crippen MR) is 85.4 cm³/mol. The summed E-state index contributed by atoms with van der Waals surface area (Å²) in [5.41, 5.74) is -2.57. The number of anilines is 1. The van der Waals surface area contributed by atoms with Crippen LogP contribution in [-0.2, 0) is 6.18 Å². The molecule has 10 heteroatoms. The van der Waals surface area contributed by atoms with E-state index in [0.717, 1.165) is 24.3 Å². The molecule has 26 heavy (non-hydrogen) atoms. The summed E-state index contributed by atoms with van der Waals surface area (Å²) in [5.74, 6) is -0.670. The van der Waals surface area contributed by atoms with Gasteiger partial charge in [-0.15, -0.1) is 0 Å². The Morgan fingerprint density at radius 3 is 2.35 bits per heavy atom. The van der Waals surface area contributed by atoms with Gasteiger partial charge >= 0.3 is 11.9 Å². The molecule has 1 amide bonds. The molecule has 0 bridgehead atoms. The van der Waals surface area contributed by atoms with Crippen molar-refractivity contribution in [2.24, 2.45) is 0 Å². The zero-order valence-corrected chi connectivity index (χ0v) is 12.8. The largest absolute Gasteiger partial charge is 0.421 e. The first-order valence-electron chi connectivity index (χ1n) is 7.14. The standard InChI is InChI=1S/C16H10F3N3O4/c17-16(18,19)9-3-1-8(2-4-9)13(23)20-10-5-6-11-12(7-10)21-15(25)22(26)14(11)24/h1-7,26H,(H,20,23)(H,21,25). The SMILES string of the molecule is O=C(Nc1ccc2c(=O)n(O)c(=O)[nH]c2c1)c1ccc(C(F)(F)F)cc1. The first-order valence-corrected chi connectivity index (χ1v) is 7.14. The maximum atomic E-state index is 12.5. The van der Waals surface area contributed by atoms with Gasteiger partial charge in [0.25, 0.3) is 11.5 Å². The van der Waals surface area contributed by atoms with Crippen LogP contribution in [0.25, 0.3) is 10.9 Å². The first kappa shape index (κ1) is 17.3. The van der Waals surface area contributed by atoms with Crippen LogP contribution in [0.5, 0.6) is 0 Å². The summed E-state index contributed by atoms with van der Waals surface area (Å²) in [4.78, 5) is 37.5. The van der Waals surface area contributed by atoms with Gasteiger partial charge in [-0.05, 0) is 42.5 Å². The molecule has 3 aromatic rings. The molecule has 0 fully saturated rings. The number of nitrogens with zero attached hydrogens (tertiary/aromatic N) is 1. The molecular weight excluding hydrogens is 355 g/mol. The lowest BCUT2D eigenvalue weighted by Gasteiger charge is -2.09. The van der Waals surface area contributed by atoms with Gasteiger partial charge in [-0.25, -0.2) is 4.79 Å². The Hall–Kier alpha value is -3.56. The lowest BCUT2D eigenvalue weighted by Crippen LogP contribution is -2.33. The van der Waals surface area contributed by atoms with Gasteiger partial charge in [0.15, 0.2) is 0 Å². The van der Waals surface area contributed by atoms with Gasteiger partial charge < -0.3 is 15.5 Å². The number of hydrogen-bond donors (Lipinski definition) is 3. The number of rotatable bonds is 2. The number of halogens is 3. The van der Waals surface area contributed by atoms with E-state index in [0.29, 0.717) is 0 Å². The van der Waals surface area contributed by atoms with Gasteiger partial charge in [-0.2, -0.15) is 13.2 Å². The molecule has 134 valence electrons. The Morgan fingerprint density at radius 1 is 1.08 bits per heavy atom. The van der Waals surface area contributed by atoms with Crippen LogP contribution in [-0.4, -0.2) is 20.8 Å². The second-order valence-corrected chi connectivity index (χ2v) is 5.34. The third-order valence-corrected chi connectivity index (χ3v) is 3.61. The molecule has 1 aromatic heterocycles. The second kappa shape index (κ2) is 6.06. The monoisotopic (exact) mass is 365 g/mol. The molecule has 0 aliphatic rings. The Bertz CT molecular complexity index is 1110. The highest BCUT2D eigenvalue weighted by molar-refractivity contribution is 6.05. The summed E-state index contributed by atoms with van der Waals surface area (Å²) in [6.07, 6.45) is -4.50. The highest BCUT2D eigenvalue weighted by Crippen LogP contribution is 2.29. The summed E-state index contributed by atoms with van der Waals surface area (Å²) in [6.45, 7) is 0. The van der Waals surface area contributed by atoms with Crippen LogP contribution in [0.4, 0.5) is 18.9 Å². The number of benzene rings is 2. The zero-order chi connectivity index (χ0) is 19.1. The number of fused-ring (bicyclic) bond motifs is 1. The second-order valence-electron chi connectivity index (χ2n) is 5.34. The van der Waals surface area contributed by atoms with E-state index >= 15 is 0 Å². The van der Waals surface area contributed by atoms with Crippen molar-refractivity contribution in [3.05, 3.63) is 74.4 Å². The van der Waals surface area contributed by atoms with Crippen molar-refractivity contribution in [3.8, 4) is 0 Å². The van der Waals surface area contributed by atoms with Gasteiger partial charge in [0, 0.05) is 11.3 Å². The fraction of sp³-hybridized carbons (Fsp3) is 0.0625. The number of aromatic amines is 1. The number of amides is 1. The lowest BCUT2D eigenvalue weighted by atomic mass is 10.1. The van der Waals surface area contributed by atoms with Gasteiger partial charge in [0.1, 0.15) is 0 Å². The summed E-state index contributed by atoms with van der Waals surface area (Å²) >= 11 is 0. The first-order chi connectivity index (χ1) is 12.2. The Balaban J connectivity index is 1.89. The topological polar surface area (TPSA) is 104 Å². The highest BCUT2D eigenvalue weighted by Gasteiger charge is 2.30. The van der Waals surface area contributed by atoms with Crippen LogP contribution in [0, 0.1) is 0 Å². The van der Waals surface area contributed by atoms with E-state index in [1.165, 1.54) is 18.2 Å². The van der Waals surface area contributed by atoms with E-state index in [1.807, 2.05) is 0 Å². The number of alkyl halides is 3. The number of hydrogen-bond acceptors (Lipinski definition) is 4. The van der Waals surface area contributed by atoms with Gasteiger partial charge in [-0.1, -0.05) is 4.73 Å². The fourth-order valence-corrected chi connectivity index (χ4v) is 2.30. The molecule has 0 unspecified atom stereocenters. The molecule has 2 aromatic carbocycles. The average molecular weight is 365 g/mol. The molecule has 0 saturated heterocycles. The van der Waals surface area contributed by atoms with Crippen LogP contribution in [0.3, 0.4) is 0 Å². The molecule has 7 nitrogen and oxygen atoms in total. The molecular formula is C16H10F3N3O4. The normalized spacial score (nSPS) is 11.5. The molecule has 0 saturated carbocycles. The number of nitrogens with one attached hydrogen (secondary N) is 2. The van der Waals surface area contributed by atoms with Crippen molar-refractivity contribution in [2.45, 2.75) is 6.18 Å². The zero-order valence-electron chi connectivity index (χ0n) is 12.8. The minimum Gasteiger partial charge on any atom is -0.421 e. The Kier molecular flexibility index (Phi) is 4.03. The van der Waals surface area contributed by atoms with Crippen molar-refractivity contribution in [1.82, 2.24) is 9.71 Å². The smallest absolute Gasteiger partial charge is 0.416 e.